The predicted molar refractivity (Wildman–Crippen MR) is 76.0 cm³/mol. The zero-order valence-electron chi connectivity index (χ0n) is 10.8. The first-order chi connectivity index (χ1) is 9.33. The zero-order chi connectivity index (χ0) is 12.8. The van der Waals surface area contributed by atoms with Gasteiger partial charge in [-0.3, -0.25) is 4.79 Å². The van der Waals surface area contributed by atoms with Gasteiger partial charge in [0, 0.05) is 11.6 Å². The van der Waals surface area contributed by atoms with E-state index in [0.29, 0.717) is 6.04 Å². The summed E-state index contributed by atoms with van der Waals surface area (Å²) in [5.74, 6) is 1.62. The number of amides is 1. The van der Waals surface area contributed by atoms with Crippen LogP contribution in [0, 0.1) is 11.8 Å². The number of carbonyl (C=O) groups excluding carboxylic acids is 1. The minimum atomic E-state index is 0.0881. The summed E-state index contributed by atoms with van der Waals surface area (Å²) in [4.78, 5) is 12.3. The molecule has 0 spiro atoms. The molecule has 19 heavy (non-hydrogen) atoms. The van der Waals surface area contributed by atoms with Crippen LogP contribution >= 0.6 is 0 Å². The summed E-state index contributed by atoms with van der Waals surface area (Å²) >= 11 is 0. The molecule has 2 heteroatoms. The van der Waals surface area contributed by atoms with Gasteiger partial charge in [-0.2, -0.15) is 0 Å². The summed E-state index contributed by atoms with van der Waals surface area (Å²) in [6.07, 6.45) is 3.94. The van der Waals surface area contributed by atoms with Crippen molar-refractivity contribution < 1.29 is 4.79 Å². The fourth-order valence-electron chi connectivity index (χ4n) is 3.60. The molecular weight excluding hydrogens is 234 g/mol. The molecule has 0 bridgehead atoms. The maximum atomic E-state index is 12.3. The Morgan fingerprint density at radius 1 is 1.00 bits per heavy atom. The first-order valence-electron chi connectivity index (χ1n) is 7.12. The number of hydrogen-bond acceptors (Lipinski definition) is 1. The van der Waals surface area contributed by atoms with Gasteiger partial charge in [-0.15, -0.1) is 0 Å². The van der Waals surface area contributed by atoms with Gasteiger partial charge >= 0.3 is 0 Å². The lowest BCUT2D eigenvalue weighted by molar-refractivity contribution is 0.0946. The molecule has 0 heterocycles. The van der Waals surface area contributed by atoms with Gasteiger partial charge in [-0.1, -0.05) is 36.8 Å². The van der Waals surface area contributed by atoms with Crippen LogP contribution in [0.2, 0.25) is 0 Å². The highest BCUT2D eigenvalue weighted by Crippen LogP contribution is 2.51. The highest BCUT2D eigenvalue weighted by Gasteiger charge is 2.53. The Hall–Kier alpha value is -1.83. The average Bonchev–Trinajstić information content (AvgIpc) is 2.88. The molecule has 2 unspecified atom stereocenters. The molecule has 2 aliphatic rings. The molecule has 0 aliphatic heterocycles. The largest absolute Gasteiger partial charge is 0.349 e. The van der Waals surface area contributed by atoms with Crippen molar-refractivity contribution in [1.82, 2.24) is 5.32 Å². The lowest BCUT2D eigenvalue weighted by Gasteiger charge is -2.08. The molecule has 4 rings (SSSR count). The average molecular weight is 251 g/mol. The summed E-state index contributed by atoms with van der Waals surface area (Å²) in [6, 6.07) is 14.5. The molecule has 2 aromatic carbocycles. The zero-order valence-corrected chi connectivity index (χ0v) is 10.8. The van der Waals surface area contributed by atoms with Crippen LogP contribution in [0.25, 0.3) is 10.8 Å². The molecule has 0 radical (unpaired) electrons. The van der Waals surface area contributed by atoms with Gasteiger partial charge in [0.2, 0.25) is 0 Å². The van der Waals surface area contributed by atoms with Gasteiger partial charge in [-0.05, 0) is 47.6 Å². The molecule has 0 aromatic heterocycles. The Labute approximate surface area is 112 Å². The number of fused-ring (bicyclic) bond motifs is 2. The maximum Gasteiger partial charge on any atom is 0.251 e. The van der Waals surface area contributed by atoms with Crippen molar-refractivity contribution in [3.05, 3.63) is 48.0 Å². The van der Waals surface area contributed by atoms with Crippen molar-refractivity contribution in [3.63, 3.8) is 0 Å². The van der Waals surface area contributed by atoms with Crippen LogP contribution in [0.3, 0.4) is 0 Å². The first-order valence-corrected chi connectivity index (χ1v) is 7.12. The van der Waals surface area contributed by atoms with Gasteiger partial charge in [0.05, 0.1) is 0 Å². The topological polar surface area (TPSA) is 29.1 Å². The second-order valence-corrected chi connectivity index (χ2v) is 5.82. The van der Waals surface area contributed by atoms with Crippen molar-refractivity contribution in [2.24, 2.45) is 11.8 Å². The summed E-state index contributed by atoms with van der Waals surface area (Å²) in [6.45, 7) is 0. The molecule has 2 aromatic rings. The molecule has 2 nitrogen and oxygen atoms in total. The van der Waals surface area contributed by atoms with Crippen LogP contribution < -0.4 is 5.32 Å². The maximum absolute atomic E-state index is 12.3. The van der Waals surface area contributed by atoms with Crippen LogP contribution in [-0.2, 0) is 0 Å². The number of rotatable bonds is 2. The lowest BCUT2D eigenvalue weighted by atomic mass is 10.1. The van der Waals surface area contributed by atoms with Crippen molar-refractivity contribution in [2.75, 3.05) is 0 Å². The van der Waals surface area contributed by atoms with E-state index in [1.165, 1.54) is 24.6 Å². The highest BCUT2D eigenvalue weighted by molar-refractivity contribution is 5.98. The Kier molecular flexibility index (Phi) is 2.37. The first kappa shape index (κ1) is 11.0. The normalized spacial score (nSPS) is 28.1. The minimum Gasteiger partial charge on any atom is -0.349 e. The van der Waals surface area contributed by atoms with Crippen molar-refractivity contribution in [3.8, 4) is 0 Å². The predicted octanol–water partition coefficient (Wildman–Crippen LogP) is 3.37. The van der Waals surface area contributed by atoms with Crippen LogP contribution in [0.4, 0.5) is 0 Å². The van der Waals surface area contributed by atoms with Crippen LogP contribution in [0.5, 0.6) is 0 Å². The molecule has 0 saturated heterocycles. The van der Waals surface area contributed by atoms with Crippen LogP contribution in [0.1, 0.15) is 29.6 Å². The number of hydrogen-bond donors (Lipinski definition) is 1. The lowest BCUT2D eigenvalue weighted by Crippen LogP contribution is -2.28. The van der Waals surface area contributed by atoms with E-state index in [9.17, 15) is 4.79 Å². The fourth-order valence-corrected chi connectivity index (χ4v) is 3.60. The van der Waals surface area contributed by atoms with E-state index < -0.39 is 0 Å². The molecular formula is C17H17NO. The van der Waals surface area contributed by atoms with Gasteiger partial charge < -0.3 is 5.32 Å². The fraction of sp³-hybridized carbons (Fsp3) is 0.353. The van der Waals surface area contributed by atoms with E-state index in [4.69, 9.17) is 0 Å². The van der Waals surface area contributed by atoms with Crippen LogP contribution in [0.15, 0.2) is 42.5 Å². The highest BCUT2D eigenvalue weighted by atomic mass is 16.1. The number of carbonyl (C=O) groups is 1. The van der Waals surface area contributed by atoms with E-state index in [0.717, 1.165) is 22.8 Å². The van der Waals surface area contributed by atoms with Gasteiger partial charge in [0.1, 0.15) is 0 Å². The summed E-state index contributed by atoms with van der Waals surface area (Å²) < 4.78 is 0. The molecule has 1 amide bonds. The number of benzene rings is 2. The molecule has 2 fully saturated rings. The SMILES string of the molecule is O=C(NC1C2CCCC21)c1ccc2ccccc2c1. The van der Waals surface area contributed by atoms with Gasteiger partial charge in [0.25, 0.3) is 5.91 Å². The van der Waals surface area contributed by atoms with Gasteiger partial charge in [-0.25, -0.2) is 0 Å². The Morgan fingerprint density at radius 2 is 1.74 bits per heavy atom. The number of nitrogens with one attached hydrogen (secondary N) is 1. The summed E-state index contributed by atoms with van der Waals surface area (Å²) in [7, 11) is 0. The molecule has 1 N–H and O–H groups in total. The molecule has 2 saturated carbocycles. The Morgan fingerprint density at radius 3 is 2.53 bits per heavy atom. The van der Waals surface area contributed by atoms with E-state index in [-0.39, 0.29) is 5.91 Å². The van der Waals surface area contributed by atoms with Crippen LogP contribution in [-0.4, -0.2) is 11.9 Å². The second kappa shape index (κ2) is 4.09. The monoisotopic (exact) mass is 251 g/mol. The van der Waals surface area contributed by atoms with E-state index in [2.05, 4.69) is 17.4 Å². The third-order valence-corrected chi connectivity index (χ3v) is 4.72. The second-order valence-electron chi connectivity index (χ2n) is 5.82. The Bertz CT molecular complexity index is 639. The quantitative estimate of drug-likeness (QED) is 0.871. The minimum absolute atomic E-state index is 0.0881. The Balaban J connectivity index is 1.55. The standard InChI is InChI=1S/C17H17NO/c19-17(18-16-14-6-3-7-15(14)16)13-9-8-11-4-1-2-5-12(11)10-13/h1-2,4-5,8-10,14-16H,3,6-7H2,(H,18,19). The van der Waals surface area contributed by atoms with Crippen molar-refractivity contribution in [2.45, 2.75) is 25.3 Å². The molecule has 2 atom stereocenters. The molecule has 96 valence electrons. The van der Waals surface area contributed by atoms with E-state index >= 15 is 0 Å². The third-order valence-electron chi connectivity index (χ3n) is 4.72. The summed E-state index contributed by atoms with van der Waals surface area (Å²) in [5, 5.41) is 5.51. The van der Waals surface area contributed by atoms with Gasteiger partial charge in [0.15, 0.2) is 0 Å². The third kappa shape index (κ3) is 1.83. The summed E-state index contributed by atoms with van der Waals surface area (Å²) in [5.41, 5.74) is 0.781. The molecule has 2 aliphatic carbocycles. The van der Waals surface area contributed by atoms with Crippen molar-refractivity contribution in [1.29, 1.82) is 0 Å². The smallest absolute Gasteiger partial charge is 0.251 e. The van der Waals surface area contributed by atoms with Crippen molar-refractivity contribution >= 4 is 16.7 Å². The van der Waals surface area contributed by atoms with E-state index in [1.807, 2.05) is 30.3 Å². The van der Waals surface area contributed by atoms with E-state index in [1.54, 1.807) is 0 Å².